The van der Waals surface area contributed by atoms with Crippen molar-refractivity contribution in [2.75, 3.05) is 7.11 Å². The number of halogens is 1. The maximum atomic E-state index is 11.5. The molecule has 0 saturated carbocycles. The van der Waals surface area contributed by atoms with Crippen LogP contribution in [0.1, 0.15) is 28.8 Å². The molecule has 0 aromatic heterocycles. The number of rotatable bonds is 1. The predicted molar refractivity (Wildman–Crippen MR) is 55.3 cm³/mol. The molecule has 0 aliphatic heterocycles. The summed E-state index contributed by atoms with van der Waals surface area (Å²) in [5.74, 6) is 0.843. The fourth-order valence-electron chi connectivity index (χ4n) is 1.79. The summed E-state index contributed by atoms with van der Waals surface area (Å²) in [6, 6.07) is 3.59. The standard InChI is InChI=1S/C11H11ClO2/c1-14-11-5-7-3-2-4-10(13)8(7)6-9(11)12/h5-6H,2-4H2,1H3. The van der Waals surface area contributed by atoms with Crippen molar-refractivity contribution in [1.29, 1.82) is 0 Å². The number of Topliss-reactive ketones (excluding diaryl/α,β-unsaturated/α-hetero) is 1. The highest BCUT2D eigenvalue weighted by Gasteiger charge is 2.19. The van der Waals surface area contributed by atoms with Gasteiger partial charge < -0.3 is 4.74 Å². The maximum Gasteiger partial charge on any atom is 0.163 e. The van der Waals surface area contributed by atoms with Gasteiger partial charge in [0, 0.05) is 12.0 Å². The van der Waals surface area contributed by atoms with Crippen molar-refractivity contribution in [3.63, 3.8) is 0 Å². The largest absolute Gasteiger partial charge is 0.495 e. The number of carbonyl (C=O) groups is 1. The van der Waals surface area contributed by atoms with Crippen LogP contribution in [-0.4, -0.2) is 12.9 Å². The second-order valence-corrected chi connectivity index (χ2v) is 3.83. The van der Waals surface area contributed by atoms with Gasteiger partial charge in [0.1, 0.15) is 5.75 Å². The summed E-state index contributed by atoms with van der Waals surface area (Å²) in [5.41, 5.74) is 1.82. The summed E-state index contributed by atoms with van der Waals surface area (Å²) in [6.07, 6.45) is 2.50. The average Bonchev–Trinajstić information content (AvgIpc) is 2.19. The first kappa shape index (κ1) is 9.53. The van der Waals surface area contributed by atoms with E-state index >= 15 is 0 Å². The van der Waals surface area contributed by atoms with E-state index in [1.807, 2.05) is 6.07 Å². The number of ether oxygens (including phenoxy) is 1. The van der Waals surface area contributed by atoms with Crippen LogP contribution < -0.4 is 4.74 Å². The zero-order valence-corrected chi connectivity index (χ0v) is 8.73. The number of methoxy groups -OCH3 is 1. The third-order valence-electron chi connectivity index (χ3n) is 2.53. The van der Waals surface area contributed by atoms with E-state index < -0.39 is 0 Å². The lowest BCUT2D eigenvalue weighted by molar-refractivity contribution is 0.0972. The Hall–Kier alpha value is -1.02. The van der Waals surface area contributed by atoms with Crippen LogP contribution in [0, 0.1) is 0 Å². The van der Waals surface area contributed by atoms with Crippen LogP contribution in [-0.2, 0) is 6.42 Å². The lowest BCUT2D eigenvalue weighted by Crippen LogP contribution is -2.10. The molecule has 0 saturated heterocycles. The normalized spacial score (nSPS) is 15.1. The van der Waals surface area contributed by atoms with Crippen LogP contribution in [0.3, 0.4) is 0 Å². The van der Waals surface area contributed by atoms with Crippen LogP contribution in [0.15, 0.2) is 12.1 Å². The first-order chi connectivity index (χ1) is 6.72. The number of benzene rings is 1. The second-order valence-electron chi connectivity index (χ2n) is 3.42. The Kier molecular flexibility index (Phi) is 2.46. The van der Waals surface area contributed by atoms with Gasteiger partial charge in [0.05, 0.1) is 12.1 Å². The monoisotopic (exact) mass is 210 g/mol. The lowest BCUT2D eigenvalue weighted by Gasteiger charge is -2.16. The number of fused-ring (bicyclic) bond motifs is 1. The van der Waals surface area contributed by atoms with Crippen LogP contribution >= 0.6 is 11.6 Å². The van der Waals surface area contributed by atoms with Gasteiger partial charge in [-0.25, -0.2) is 0 Å². The molecule has 0 radical (unpaired) electrons. The summed E-state index contributed by atoms with van der Waals surface area (Å²) < 4.78 is 5.10. The van der Waals surface area contributed by atoms with Gasteiger partial charge in [0.2, 0.25) is 0 Å². The predicted octanol–water partition coefficient (Wildman–Crippen LogP) is 2.87. The van der Waals surface area contributed by atoms with Gasteiger partial charge in [-0.1, -0.05) is 11.6 Å². The highest BCUT2D eigenvalue weighted by molar-refractivity contribution is 6.32. The highest BCUT2D eigenvalue weighted by atomic mass is 35.5. The molecule has 74 valence electrons. The Balaban J connectivity index is 2.54. The van der Waals surface area contributed by atoms with Crippen molar-refractivity contribution in [2.24, 2.45) is 0 Å². The lowest BCUT2D eigenvalue weighted by atomic mass is 9.90. The van der Waals surface area contributed by atoms with Crippen LogP contribution in [0.25, 0.3) is 0 Å². The molecule has 0 bridgehead atoms. The van der Waals surface area contributed by atoms with Crippen molar-refractivity contribution >= 4 is 17.4 Å². The smallest absolute Gasteiger partial charge is 0.163 e. The number of hydrogen-bond donors (Lipinski definition) is 0. The zero-order chi connectivity index (χ0) is 10.1. The Bertz CT molecular complexity index is 385. The maximum absolute atomic E-state index is 11.5. The molecule has 1 aromatic carbocycles. The van der Waals surface area contributed by atoms with Crippen LogP contribution in [0.4, 0.5) is 0 Å². The van der Waals surface area contributed by atoms with E-state index in [0.717, 1.165) is 24.0 Å². The minimum absolute atomic E-state index is 0.191. The van der Waals surface area contributed by atoms with Crippen molar-refractivity contribution in [3.8, 4) is 5.75 Å². The summed E-state index contributed by atoms with van der Waals surface area (Å²) in [4.78, 5) is 11.5. The fraction of sp³-hybridized carbons (Fsp3) is 0.364. The highest BCUT2D eigenvalue weighted by Crippen LogP contribution is 2.31. The number of carbonyl (C=O) groups excluding carboxylic acids is 1. The SMILES string of the molecule is COc1cc2c(cc1Cl)C(=O)CCC2. The van der Waals surface area contributed by atoms with Gasteiger partial charge in [0.15, 0.2) is 5.78 Å². The Morgan fingerprint density at radius 2 is 2.14 bits per heavy atom. The molecule has 1 aliphatic rings. The molecule has 3 heteroatoms. The van der Waals surface area contributed by atoms with E-state index in [1.165, 1.54) is 0 Å². The van der Waals surface area contributed by atoms with Crippen molar-refractivity contribution in [2.45, 2.75) is 19.3 Å². The number of hydrogen-bond acceptors (Lipinski definition) is 2. The molecule has 0 fully saturated rings. The topological polar surface area (TPSA) is 26.3 Å². The molecule has 0 atom stereocenters. The van der Waals surface area contributed by atoms with Gasteiger partial charge in [-0.3, -0.25) is 4.79 Å². The van der Waals surface area contributed by atoms with Gasteiger partial charge in [0.25, 0.3) is 0 Å². The van der Waals surface area contributed by atoms with E-state index in [1.54, 1.807) is 13.2 Å². The Morgan fingerprint density at radius 1 is 1.36 bits per heavy atom. The van der Waals surface area contributed by atoms with Gasteiger partial charge >= 0.3 is 0 Å². The van der Waals surface area contributed by atoms with Gasteiger partial charge in [-0.15, -0.1) is 0 Å². The van der Waals surface area contributed by atoms with Crippen molar-refractivity contribution < 1.29 is 9.53 Å². The molecule has 0 heterocycles. The molecular formula is C11H11ClO2. The fourth-order valence-corrected chi connectivity index (χ4v) is 2.03. The van der Waals surface area contributed by atoms with Crippen LogP contribution in [0.2, 0.25) is 5.02 Å². The van der Waals surface area contributed by atoms with Gasteiger partial charge in [-0.05, 0) is 30.5 Å². The summed E-state index contributed by atoms with van der Waals surface area (Å²) in [7, 11) is 1.58. The summed E-state index contributed by atoms with van der Waals surface area (Å²) in [5, 5.41) is 0.515. The summed E-state index contributed by atoms with van der Waals surface area (Å²) >= 11 is 5.95. The average molecular weight is 211 g/mol. The summed E-state index contributed by atoms with van der Waals surface area (Å²) in [6.45, 7) is 0. The van der Waals surface area contributed by atoms with Crippen LogP contribution in [0.5, 0.6) is 5.75 Å². The van der Waals surface area contributed by atoms with E-state index in [0.29, 0.717) is 17.2 Å². The molecule has 14 heavy (non-hydrogen) atoms. The molecule has 0 amide bonds. The van der Waals surface area contributed by atoms with E-state index in [9.17, 15) is 4.79 Å². The molecule has 0 N–H and O–H groups in total. The third kappa shape index (κ3) is 1.50. The Labute approximate surface area is 87.8 Å². The molecule has 0 unspecified atom stereocenters. The van der Waals surface area contributed by atoms with E-state index in [2.05, 4.69) is 0 Å². The first-order valence-electron chi connectivity index (χ1n) is 4.62. The molecule has 1 aliphatic carbocycles. The molecule has 2 nitrogen and oxygen atoms in total. The molecular weight excluding hydrogens is 200 g/mol. The number of aryl methyl sites for hydroxylation is 1. The van der Waals surface area contributed by atoms with Gasteiger partial charge in [-0.2, -0.15) is 0 Å². The molecule has 1 aromatic rings. The van der Waals surface area contributed by atoms with Crippen molar-refractivity contribution in [1.82, 2.24) is 0 Å². The van der Waals surface area contributed by atoms with Crippen molar-refractivity contribution in [3.05, 3.63) is 28.3 Å². The quantitative estimate of drug-likeness (QED) is 0.713. The second kappa shape index (κ2) is 3.62. The zero-order valence-electron chi connectivity index (χ0n) is 7.97. The van der Waals surface area contributed by atoms with E-state index in [4.69, 9.17) is 16.3 Å². The van der Waals surface area contributed by atoms with E-state index in [-0.39, 0.29) is 5.78 Å². The molecule has 0 spiro atoms. The minimum Gasteiger partial charge on any atom is -0.495 e. The third-order valence-corrected chi connectivity index (χ3v) is 2.82. The first-order valence-corrected chi connectivity index (χ1v) is 5.00. The molecule has 2 rings (SSSR count). The Morgan fingerprint density at radius 3 is 2.86 bits per heavy atom. The minimum atomic E-state index is 0.191. The number of ketones is 1.